The Morgan fingerprint density at radius 1 is 1.25 bits per heavy atom. The Hall–Kier alpha value is -0.570. The van der Waals surface area contributed by atoms with E-state index < -0.39 is 0 Å². The first-order valence-electron chi connectivity index (χ1n) is 6.86. The van der Waals surface area contributed by atoms with Gasteiger partial charge in [0.05, 0.1) is 12.4 Å². The molecule has 0 aromatic rings. The van der Waals surface area contributed by atoms with Crippen molar-refractivity contribution in [3.05, 3.63) is 0 Å². The number of hydrogen-bond acceptors (Lipinski definition) is 3. The molecule has 1 aliphatic heterocycles. The molecule has 3 heteroatoms. The molecule has 0 spiro atoms. The first kappa shape index (κ1) is 13.5. The maximum Gasteiger partial charge on any atom is 0.0995 e. The lowest BCUT2D eigenvalue weighted by atomic mass is 9.94. The number of aliphatic imine (C=N–C) groups is 1. The summed E-state index contributed by atoms with van der Waals surface area (Å²) in [5, 5.41) is 3.42. The van der Waals surface area contributed by atoms with Crippen LogP contribution in [0.5, 0.6) is 0 Å². The Bertz CT molecular complexity index is 201. The van der Waals surface area contributed by atoms with Gasteiger partial charge in [-0.1, -0.05) is 32.6 Å². The fourth-order valence-electron chi connectivity index (χ4n) is 2.29. The minimum atomic E-state index is 0.642. The number of rotatable bonds is 9. The Kier molecular flexibility index (Phi) is 7.23. The van der Waals surface area contributed by atoms with E-state index in [0.717, 1.165) is 26.1 Å². The predicted molar refractivity (Wildman–Crippen MR) is 70.8 cm³/mol. The maximum absolute atomic E-state index is 5.59. The molecule has 94 valence electrons. The molecule has 0 saturated carbocycles. The fourth-order valence-corrected chi connectivity index (χ4v) is 2.29. The summed E-state index contributed by atoms with van der Waals surface area (Å²) >= 11 is 0. The number of unbranched alkanes of at least 4 members (excludes halogenated alkanes) is 3. The molecule has 0 amide bonds. The normalized spacial score (nSPS) is 17.0. The van der Waals surface area contributed by atoms with Crippen LogP contribution in [0.4, 0.5) is 0 Å². The molecule has 1 heterocycles. The van der Waals surface area contributed by atoms with Gasteiger partial charge >= 0.3 is 0 Å². The van der Waals surface area contributed by atoms with E-state index in [4.69, 9.17) is 5.73 Å². The van der Waals surface area contributed by atoms with E-state index >= 15 is 0 Å². The molecule has 1 unspecified atom stereocenters. The molecule has 1 atom stereocenters. The van der Waals surface area contributed by atoms with Crippen LogP contribution < -0.4 is 11.1 Å². The largest absolute Gasteiger partial charge is 0.372 e. The van der Waals surface area contributed by atoms with Crippen LogP contribution >= 0.6 is 0 Å². The van der Waals surface area contributed by atoms with Crippen molar-refractivity contribution in [3.63, 3.8) is 0 Å². The number of nitrogens with two attached hydrogens (primary N) is 1. The smallest absolute Gasteiger partial charge is 0.0995 e. The van der Waals surface area contributed by atoms with Crippen molar-refractivity contribution in [1.29, 1.82) is 0 Å². The van der Waals surface area contributed by atoms with Gasteiger partial charge in [0.25, 0.3) is 0 Å². The van der Waals surface area contributed by atoms with Gasteiger partial charge in [-0.2, -0.15) is 0 Å². The third-order valence-corrected chi connectivity index (χ3v) is 3.25. The molecule has 0 bridgehead atoms. The van der Waals surface area contributed by atoms with Gasteiger partial charge in [-0.25, -0.2) is 0 Å². The van der Waals surface area contributed by atoms with Crippen molar-refractivity contribution in [2.24, 2.45) is 16.6 Å². The lowest BCUT2D eigenvalue weighted by Gasteiger charge is -2.17. The number of hydrogen-bond donors (Lipinski definition) is 2. The van der Waals surface area contributed by atoms with Crippen molar-refractivity contribution in [1.82, 2.24) is 5.32 Å². The van der Waals surface area contributed by atoms with Crippen molar-refractivity contribution >= 4 is 5.84 Å². The van der Waals surface area contributed by atoms with Gasteiger partial charge in [0.15, 0.2) is 0 Å². The second-order valence-corrected chi connectivity index (χ2v) is 4.67. The van der Waals surface area contributed by atoms with Crippen LogP contribution in [0.25, 0.3) is 0 Å². The van der Waals surface area contributed by atoms with Crippen LogP contribution in [0, 0.1) is 5.92 Å². The highest BCUT2D eigenvalue weighted by molar-refractivity contribution is 5.85. The monoisotopic (exact) mass is 225 g/mol. The second kappa shape index (κ2) is 8.57. The minimum absolute atomic E-state index is 0.642. The highest BCUT2D eigenvalue weighted by Crippen LogP contribution is 2.18. The average molecular weight is 225 g/mol. The summed E-state index contributed by atoms with van der Waals surface area (Å²) in [4.78, 5) is 4.55. The van der Waals surface area contributed by atoms with E-state index in [1.165, 1.54) is 44.4 Å². The lowest BCUT2D eigenvalue weighted by Crippen LogP contribution is -2.27. The van der Waals surface area contributed by atoms with Gasteiger partial charge in [-0.3, -0.25) is 4.99 Å². The molecular weight excluding hydrogens is 198 g/mol. The van der Waals surface area contributed by atoms with E-state index in [0.29, 0.717) is 5.92 Å². The van der Waals surface area contributed by atoms with Crippen LogP contribution in [0.1, 0.15) is 51.9 Å². The average Bonchev–Trinajstić information content (AvgIpc) is 2.82. The first-order chi connectivity index (χ1) is 7.88. The van der Waals surface area contributed by atoms with Gasteiger partial charge in [-0.05, 0) is 25.8 Å². The van der Waals surface area contributed by atoms with Gasteiger partial charge in [0.2, 0.25) is 0 Å². The third-order valence-electron chi connectivity index (χ3n) is 3.25. The SMILES string of the molecule is CCCCCCC(CCCN)C1=NCCN1. The summed E-state index contributed by atoms with van der Waals surface area (Å²) < 4.78 is 0. The summed E-state index contributed by atoms with van der Waals surface area (Å²) in [6.07, 6.45) is 8.99. The highest BCUT2D eigenvalue weighted by atomic mass is 15.1. The zero-order valence-corrected chi connectivity index (χ0v) is 10.7. The molecule has 0 fully saturated rings. The first-order valence-corrected chi connectivity index (χ1v) is 6.86. The van der Waals surface area contributed by atoms with E-state index in [9.17, 15) is 0 Å². The molecular formula is C13H27N3. The molecule has 3 nitrogen and oxygen atoms in total. The predicted octanol–water partition coefficient (Wildman–Crippen LogP) is 2.31. The Morgan fingerprint density at radius 2 is 2.06 bits per heavy atom. The molecule has 0 aromatic heterocycles. The van der Waals surface area contributed by atoms with E-state index in [2.05, 4.69) is 17.2 Å². The van der Waals surface area contributed by atoms with E-state index in [-0.39, 0.29) is 0 Å². The van der Waals surface area contributed by atoms with Crippen LogP contribution in [-0.4, -0.2) is 25.5 Å². The quantitative estimate of drug-likeness (QED) is 0.592. The zero-order chi connectivity index (χ0) is 11.6. The molecule has 1 aliphatic rings. The van der Waals surface area contributed by atoms with Crippen molar-refractivity contribution < 1.29 is 0 Å². The number of nitrogens with zero attached hydrogens (tertiary/aromatic N) is 1. The molecule has 16 heavy (non-hydrogen) atoms. The summed E-state index contributed by atoms with van der Waals surface area (Å²) in [6, 6.07) is 0. The fraction of sp³-hybridized carbons (Fsp3) is 0.923. The summed E-state index contributed by atoms with van der Waals surface area (Å²) in [6.45, 7) is 5.06. The number of amidine groups is 1. The van der Waals surface area contributed by atoms with Gasteiger partial charge in [0.1, 0.15) is 0 Å². The van der Waals surface area contributed by atoms with E-state index in [1.807, 2.05) is 0 Å². The van der Waals surface area contributed by atoms with Crippen molar-refractivity contribution in [2.45, 2.75) is 51.9 Å². The van der Waals surface area contributed by atoms with E-state index in [1.54, 1.807) is 0 Å². The van der Waals surface area contributed by atoms with Crippen LogP contribution in [0.3, 0.4) is 0 Å². The number of nitrogens with one attached hydrogen (secondary N) is 1. The summed E-state index contributed by atoms with van der Waals surface area (Å²) in [5.74, 6) is 1.90. The lowest BCUT2D eigenvalue weighted by molar-refractivity contribution is 0.505. The topological polar surface area (TPSA) is 50.4 Å². The van der Waals surface area contributed by atoms with Gasteiger partial charge in [-0.15, -0.1) is 0 Å². The molecule has 0 aromatic carbocycles. The Labute approximate surface area is 99.9 Å². The maximum atomic E-state index is 5.59. The van der Waals surface area contributed by atoms with Crippen LogP contribution in [0.2, 0.25) is 0 Å². The molecule has 0 aliphatic carbocycles. The standard InChI is InChI=1S/C13H27N3/c1-2-3-4-5-7-12(8-6-9-14)13-15-10-11-16-13/h12H,2-11,14H2,1H3,(H,15,16). The van der Waals surface area contributed by atoms with Crippen LogP contribution in [0.15, 0.2) is 4.99 Å². The molecule has 3 N–H and O–H groups in total. The van der Waals surface area contributed by atoms with Gasteiger partial charge < -0.3 is 11.1 Å². The highest BCUT2D eigenvalue weighted by Gasteiger charge is 2.17. The Morgan fingerprint density at radius 3 is 2.69 bits per heavy atom. The van der Waals surface area contributed by atoms with Gasteiger partial charge in [0, 0.05) is 12.5 Å². The molecule has 1 rings (SSSR count). The summed E-state index contributed by atoms with van der Waals surface area (Å²) in [7, 11) is 0. The van der Waals surface area contributed by atoms with Crippen LogP contribution in [-0.2, 0) is 0 Å². The zero-order valence-electron chi connectivity index (χ0n) is 10.7. The van der Waals surface area contributed by atoms with Crippen molar-refractivity contribution in [2.75, 3.05) is 19.6 Å². The molecule has 0 saturated heterocycles. The second-order valence-electron chi connectivity index (χ2n) is 4.67. The minimum Gasteiger partial charge on any atom is -0.372 e. The van der Waals surface area contributed by atoms with Crippen molar-refractivity contribution in [3.8, 4) is 0 Å². The third kappa shape index (κ3) is 4.97. The molecule has 0 radical (unpaired) electrons. The Balaban J connectivity index is 2.25. The summed E-state index contributed by atoms with van der Waals surface area (Å²) in [5.41, 5.74) is 5.59.